The number of carbonyl (C=O) groups is 1. The molecule has 1 heterocycles. The first-order valence-electron chi connectivity index (χ1n) is 9.13. The van der Waals surface area contributed by atoms with E-state index >= 15 is 0 Å². The quantitative estimate of drug-likeness (QED) is 0.587. The third-order valence-corrected chi connectivity index (χ3v) is 4.55. The largest absolute Gasteiger partial charge is 0.350 e. The third kappa shape index (κ3) is 3.55. The van der Waals surface area contributed by atoms with Crippen LogP contribution in [0.5, 0.6) is 0 Å². The summed E-state index contributed by atoms with van der Waals surface area (Å²) in [5.41, 5.74) is 2.11. The van der Waals surface area contributed by atoms with Crippen molar-refractivity contribution in [3.05, 3.63) is 106 Å². The van der Waals surface area contributed by atoms with E-state index in [1.807, 2.05) is 72.8 Å². The monoisotopic (exact) mass is 369 g/mol. The Labute approximate surface area is 162 Å². The maximum Gasteiger partial charge on any atom is 0.275 e. The molecule has 0 saturated heterocycles. The van der Waals surface area contributed by atoms with Gasteiger partial charge in [0.15, 0.2) is 5.69 Å². The van der Waals surface area contributed by atoms with E-state index in [1.54, 1.807) is 16.8 Å². The van der Waals surface area contributed by atoms with Gasteiger partial charge in [-0.25, -0.2) is 4.68 Å². The van der Waals surface area contributed by atoms with Gasteiger partial charge in [0.1, 0.15) is 0 Å². The van der Waals surface area contributed by atoms with Crippen LogP contribution in [0.25, 0.3) is 16.6 Å². The van der Waals surface area contributed by atoms with Gasteiger partial charge in [-0.1, -0.05) is 60.7 Å². The van der Waals surface area contributed by atoms with E-state index in [0.717, 1.165) is 11.3 Å². The summed E-state index contributed by atoms with van der Waals surface area (Å²) in [6.45, 7) is 0.433. The maximum absolute atomic E-state index is 12.8. The van der Waals surface area contributed by atoms with Gasteiger partial charge in [0.05, 0.1) is 16.6 Å². The van der Waals surface area contributed by atoms with Crippen molar-refractivity contribution in [1.82, 2.24) is 15.1 Å². The van der Waals surface area contributed by atoms with Crippen LogP contribution in [0, 0.1) is 0 Å². The Kier molecular flexibility index (Phi) is 4.97. The molecule has 138 valence electrons. The molecule has 5 nitrogen and oxygen atoms in total. The normalized spacial score (nSPS) is 10.7. The highest BCUT2D eigenvalue weighted by molar-refractivity contribution is 5.95. The Balaban J connectivity index is 1.68. The molecule has 0 spiro atoms. The predicted molar refractivity (Wildman–Crippen MR) is 110 cm³/mol. The predicted octanol–water partition coefficient (Wildman–Crippen LogP) is 3.36. The minimum atomic E-state index is -0.462. The molecule has 0 fully saturated rings. The van der Waals surface area contributed by atoms with Crippen LogP contribution >= 0.6 is 0 Å². The number of aromatic nitrogens is 2. The average molecular weight is 369 g/mol. The molecule has 4 rings (SSSR count). The molecule has 0 unspecified atom stereocenters. The molecule has 0 bridgehead atoms. The van der Waals surface area contributed by atoms with Gasteiger partial charge in [-0.2, -0.15) is 5.10 Å². The molecular formula is C23H19N3O2. The fourth-order valence-corrected chi connectivity index (χ4v) is 3.14. The Morgan fingerprint density at radius 3 is 2.25 bits per heavy atom. The number of hydrogen-bond donors (Lipinski definition) is 1. The molecule has 28 heavy (non-hydrogen) atoms. The summed E-state index contributed by atoms with van der Waals surface area (Å²) >= 11 is 0. The molecule has 3 aromatic carbocycles. The summed E-state index contributed by atoms with van der Waals surface area (Å²) in [5.74, 6) is -0.462. The lowest BCUT2D eigenvalue weighted by Crippen LogP contribution is -2.33. The zero-order valence-electron chi connectivity index (χ0n) is 15.2. The van der Waals surface area contributed by atoms with Gasteiger partial charge in [0.25, 0.3) is 5.91 Å². The molecule has 1 amide bonds. The number of nitrogens with one attached hydrogen (secondary N) is 1. The van der Waals surface area contributed by atoms with Crippen LogP contribution in [0.1, 0.15) is 16.1 Å². The molecule has 4 aromatic rings. The fraction of sp³-hybridized carbons (Fsp3) is 0.0870. The second kappa shape index (κ2) is 7.88. The van der Waals surface area contributed by atoms with Crippen molar-refractivity contribution in [2.75, 3.05) is 6.54 Å². The van der Waals surface area contributed by atoms with Gasteiger partial charge < -0.3 is 5.32 Å². The number of fused-ring (bicyclic) bond motifs is 1. The third-order valence-electron chi connectivity index (χ3n) is 4.55. The Bertz CT molecular complexity index is 1170. The van der Waals surface area contributed by atoms with Crippen LogP contribution in [-0.2, 0) is 6.42 Å². The fourth-order valence-electron chi connectivity index (χ4n) is 3.14. The van der Waals surface area contributed by atoms with Gasteiger partial charge >= 0.3 is 0 Å². The zero-order chi connectivity index (χ0) is 19.3. The minimum absolute atomic E-state index is 0.101. The Hall–Kier alpha value is -3.73. The van der Waals surface area contributed by atoms with Crippen LogP contribution in [0.4, 0.5) is 0 Å². The van der Waals surface area contributed by atoms with Crippen molar-refractivity contribution >= 4 is 16.8 Å². The minimum Gasteiger partial charge on any atom is -0.350 e. The number of para-hydroxylation sites is 2. The Morgan fingerprint density at radius 1 is 0.857 bits per heavy atom. The van der Waals surface area contributed by atoms with Crippen LogP contribution in [0.3, 0.4) is 0 Å². The molecule has 1 N–H and O–H groups in total. The average Bonchev–Trinajstić information content (AvgIpc) is 2.75. The zero-order valence-corrected chi connectivity index (χ0v) is 15.2. The van der Waals surface area contributed by atoms with Crippen molar-refractivity contribution in [2.24, 2.45) is 0 Å². The highest BCUT2D eigenvalue weighted by Gasteiger charge is 2.17. The van der Waals surface area contributed by atoms with E-state index in [0.29, 0.717) is 23.9 Å². The molecule has 1 aromatic heterocycles. The lowest BCUT2D eigenvalue weighted by atomic mass is 10.1. The SMILES string of the molecule is O=C(NCCc1ccccc1)c1nn(-c2ccccc2)c2ccccc2c1=O. The van der Waals surface area contributed by atoms with Gasteiger partial charge in [-0.3, -0.25) is 9.59 Å². The van der Waals surface area contributed by atoms with Crippen LogP contribution < -0.4 is 10.7 Å². The van der Waals surface area contributed by atoms with Crippen molar-refractivity contribution in [3.8, 4) is 5.69 Å². The van der Waals surface area contributed by atoms with Gasteiger partial charge in [-0.15, -0.1) is 0 Å². The lowest BCUT2D eigenvalue weighted by molar-refractivity contribution is 0.0946. The van der Waals surface area contributed by atoms with E-state index in [4.69, 9.17) is 0 Å². The topological polar surface area (TPSA) is 64.0 Å². The summed E-state index contributed by atoms with van der Waals surface area (Å²) in [5, 5.41) is 7.67. The van der Waals surface area contributed by atoms with Crippen molar-refractivity contribution in [2.45, 2.75) is 6.42 Å². The van der Waals surface area contributed by atoms with Gasteiger partial charge in [-0.05, 0) is 36.2 Å². The molecule has 0 aliphatic rings. The standard InChI is InChI=1S/C23H19N3O2/c27-22-19-13-7-8-14-20(19)26(18-11-5-2-6-12-18)25-21(22)23(28)24-16-15-17-9-3-1-4-10-17/h1-14H,15-16H2,(H,24,28). The number of benzene rings is 3. The van der Waals surface area contributed by atoms with Gasteiger partial charge in [0.2, 0.25) is 5.43 Å². The van der Waals surface area contributed by atoms with E-state index in [9.17, 15) is 9.59 Å². The van der Waals surface area contributed by atoms with E-state index in [2.05, 4.69) is 10.4 Å². The molecule has 0 saturated carbocycles. The van der Waals surface area contributed by atoms with E-state index in [1.165, 1.54) is 0 Å². The smallest absolute Gasteiger partial charge is 0.275 e. The molecular weight excluding hydrogens is 350 g/mol. The molecule has 0 aliphatic heterocycles. The summed E-state index contributed by atoms with van der Waals surface area (Å²) in [6.07, 6.45) is 0.688. The summed E-state index contributed by atoms with van der Waals surface area (Å²) in [4.78, 5) is 25.5. The first kappa shape index (κ1) is 17.7. The molecule has 0 radical (unpaired) electrons. The van der Waals surface area contributed by atoms with E-state index in [-0.39, 0.29) is 11.1 Å². The highest BCUT2D eigenvalue weighted by Crippen LogP contribution is 2.15. The van der Waals surface area contributed by atoms with Crippen LogP contribution in [0.15, 0.2) is 89.7 Å². The summed E-state index contributed by atoms with van der Waals surface area (Å²) < 4.78 is 1.64. The highest BCUT2D eigenvalue weighted by atomic mass is 16.2. The van der Waals surface area contributed by atoms with Crippen molar-refractivity contribution in [3.63, 3.8) is 0 Å². The molecule has 0 aliphatic carbocycles. The summed E-state index contributed by atoms with van der Waals surface area (Å²) in [7, 11) is 0. The number of nitrogens with zero attached hydrogens (tertiary/aromatic N) is 2. The second-order valence-corrected chi connectivity index (χ2v) is 6.43. The second-order valence-electron chi connectivity index (χ2n) is 6.43. The number of amides is 1. The first-order chi connectivity index (χ1) is 13.7. The number of hydrogen-bond acceptors (Lipinski definition) is 3. The molecule has 5 heteroatoms. The summed E-state index contributed by atoms with van der Waals surface area (Å²) in [6, 6.07) is 26.5. The lowest BCUT2D eigenvalue weighted by Gasteiger charge is -2.12. The van der Waals surface area contributed by atoms with Crippen LogP contribution in [0.2, 0.25) is 0 Å². The van der Waals surface area contributed by atoms with E-state index < -0.39 is 5.91 Å². The number of rotatable bonds is 5. The maximum atomic E-state index is 12.8. The van der Waals surface area contributed by atoms with Crippen LogP contribution in [-0.4, -0.2) is 22.2 Å². The van der Waals surface area contributed by atoms with Crippen molar-refractivity contribution in [1.29, 1.82) is 0 Å². The van der Waals surface area contributed by atoms with Crippen molar-refractivity contribution < 1.29 is 4.79 Å². The first-order valence-corrected chi connectivity index (χ1v) is 9.13. The molecule has 0 atom stereocenters. The van der Waals surface area contributed by atoms with Gasteiger partial charge in [0, 0.05) is 6.54 Å². The Morgan fingerprint density at radius 2 is 1.50 bits per heavy atom. The number of carbonyl (C=O) groups excluding carboxylic acids is 1.